The molecule has 106 valence electrons. The Kier molecular flexibility index (Phi) is 3.13. The quantitative estimate of drug-likeness (QED) is 0.782. The Morgan fingerprint density at radius 3 is 2.95 bits per heavy atom. The van der Waals surface area contributed by atoms with E-state index in [-0.39, 0.29) is 12.5 Å². The van der Waals surface area contributed by atoms with Gasteiger partial charge in [-0.2, -0.15) is 0 Å². The average Bonchev–Trinajstić information content (AvgIpc) is 2.49. The van der Waals surface area contributed by atoms with E-state index >= 15 is 0 Å². The monoisotopic (exact) mass is 283 g/mol. The molecular weight excluding hydrogens is 270 g/mol. The molecule has 0 saturated carbocycles. The predicted molar refractivity (Wildman–Crippen MR) is 75.4 cm³/mol. The van der Waals surface area contributed by atoms with Crippen molar-refractivity contribution in [3.8, 4) is 0 Å². The lowest BCUT2D eigenvalue weighted by Gasteiger charge is -2.31. The Morgan fingerprint density at radius 2 is 2.14 bits per heavy atom. The van der Waals surface area contributed by atoms with Gasteiger partial charge in [0.25, 0.3) is 5.91 Å². The molecule has 21 heavy (non-hydrogen) atoms. The molecule has 1 N–H and O–H groups in total. The van der Waals surface area contributed by atoms with Crippen molar-refractivity contribution in [1.29, 1.82) is 0 Å². The van der Waals surface area contributed by atoms with Crippen LogP contribution in [0.4, 0.5) is 0 Å². The third kappa shape index (κ3) is 2.35. The summed E-state index contributed by atoms with van der Waals surface area (Å²) < 4.78 is 0. The first-order chi connectivity index (χ1) is 10.1. The van der Waals surface area contributed by atoms with Crippen molar-refractivity contribution in [1.82, 2.24) is 15.2 Å². The fourth-order valence-electron chi connectivity index (χ4n) is 2.34. The first-order valence-corrected chi connectivity index (χ1v) is 6.56. The molecule has 3 amide bonds. The van der Waals surface area contributed by atoms with Gasteiger partial charge < -0.3 is 4.90 Å². The molecule has 1 aliphatic rings. The van der Waals surface area contributed by atoms with Gasteiger partial charge in [0.1, 0.15) is 12.6 Å². The van der Waals surface area contributed by atoms with E-state index in [1.54, 1.807) is 37.4 Å². The summed E-state index contributed by atoms with van der Waals surface area (Å²) in [6.07, 6.45) is 1.68. The molecule has 0 spiro atoms. The molecular formula is C15H13N3O3. The Balaban J connectivity index is 1.95. The number of amides is 3. The summed E-state index contributed by atoms with van der Waals surface area (Å²) in [5, 5.41) is 3.05. The summed E-state index contributed by atoms with van der Waals surface area (Å²) in [6.45, 7) is 1.49. The Morgan fingerprint density at radius 1 is 1.33 bits per heavy atom. The van der Waals surface area contributed by atoms with Crippen LogP contribution in [0.15, 0.2) is 36.5 Å². The van der Waals surface area contributed by atoms with Crippen molar-refractivity contribution >= 4 is 28.6 Å². The number of nitrogens with zero attached hydrogens (tertiary/aromatic N) is 2. The van der Waals surface area contributed by atoms with Crippen LogP contribution in [0.1, 0.15) is 17.3 Å². The van der Waals surface area contributed by atoms with E-state index in [4.69, 9.17) is 0 Å². The summed E-state index contributed by atoms with van der Waals surface area (Å²) in [6, 6.07) is 8.10. The highest BCUT2D eigenvalue weighted by atomic mass is 16.2. The number of aromatic nitrogens is 1. The van der Waals surface area contributed by atoms with Crippen molar-refractivity contribution in [2.24, 2.45) is 0 Å². The smallest absolute Gasteiger partial charge is 0.255 e. The van der Waals surface area contributed by atoms with Crippen LogP contribution in [0.5, 0.6) is 0 Å². The Labute approximate surface area is 120 Å². The number of hydrogen-bond donors (Lipinski definition) is 1. The zero-order valence-corrected chi connectivity index (χ0v) is 11.4. The lowest BCUT2D eigenvalue weighted by atomic mass is 10.1. The van der Waals surface area contributed by atoms with Gasteiger partial charge >= 0.3 is 0 Å². The molecule has 0 radical (unpaired) electrons. The van der Waals surface area contributed by atoms with E-state index in [0.717, 1.165) is 10.9 Å². The minimum absolute atomic E-state index is 0.114. The average molecular weight is 283 g/mol. The van der Waals surface area contributed by atoms with Gasteiger partial charge in [-0.1, -0.05) is 6.07 Å². The highest BCUT2D eigenvalue weighted by Gasteiger charge is 2.33. The van der Waals surface area contributed by atoms with Crippen molar-refractivity contribution in [2.75, 3.05) is 6.54 Å². The lowest BCUT2D eigenvalue weighted by Crippen LogP contribution is -2.58. The molecule has 1 aromatic heterocycles. The van der Waals surface area contributed by atoms with Gasteiger partial charge in [-0.3, -0.25) is 24.7 Å². The molecule has 3 rings (SSSR count). The highest BCUT2D eigenvalue weighted by molar-refractivity contribution is 6.07. The van der Waals surface area contributed by atoms with Gasteiger partial charge in [0.05, 0.1) is 5.52 Å². The number of pyridine rings is 1. The zero-order chi connectivity index (χ0) is 15.0. The fourth-order valence-corrected chi connectivity index (χ4v) is 2.34. The number of fused-ring (bicyclic) bond motifs is 1. The number of hydrogen-bond acceptors (Lipinski definition) is 4. The van der Waals surface area contributed by atoms with Gasteiger partial charge in [0.15, 0.2) is 0 Å². The summed E-state index contributed by atoms with van der Waals surface area (Å²) in [5.41, 5.74) is 1.22. The predicted octanol–water partition coefficient (Wildman–Crippen LogP) is 0.722. The van der Waals surface area contributed by atoms with E-state index < -0.39 is 17.9 Å². The molecule has 1 fully saturated rings. The normalized spacial score (nSPS) is 18.7. The van der Waals surface area contributed by atoms with Crippen LogP contribution in [0.3, 0.4) is 0 Å². The second-order valence-electron chi connectivity index (χ2n) is 4.93. The fraction of sp³-hybridized carbons (Fsp3) is 0.200. The van der Waals surface area contributed by atoms with E-state index in [1.807, 2.05) is 6.07 Å². The number of carbonyl (C=O) groups excluding carboxylic acids is 3. The Bertz CT molecular complexity index is 757. The minimum Gasteiger partial charge on any atom is -0.318 e. The summed E-state index contributed by atoms with van der Waals surface area (Å²) in [4.78, 5) is 41.1. The Hall–Kier alpha value is -2.76. The molecule has 1 atom stereocenters. The number of piperazine rings is 1. The first-order valence-electron chi connectivity index (χ1n) is 6.56. The van der Waals surface area contributed by atoms with Crippen molar-refractivity contribution in [3.63, 3.8) is 0 Å². The number of rotatable bonds is 1. The standard InChI is InChI=1S/C15H13N3O3/c1-9-14(20)17-13(19)8-18(9)15(21)11-4-5-12-10(7-11)3-2-6-16-12/h2-7,9H,8H2,1H3,(H,17,19,20). The SMILES string of the molecule is CC1C(=O)NC(=O)CN1C(=O)c1ccc2ncccc2c1. The van der Waals surface area contributed by atoms with E-state index in [9.17, 15) is 14.4 Å². The number of imide groups is 1. The maximum atomic E-state index is 12.5. The van der Waals surface area contributed by atoms with Crippen LogP contribution in [0.25, 0.3) is 10.9 Å². The van der Waals surface area contributed by atoms with E-state index in [0.29, 0.717) is 5.56 Å². The van der Waals surface area contributed by atoms with Crippen LogP contribution in [0, 0.1) is 0 Å². The molecule has 0 bridgehead atoms. The summed E-state index contributed by atoms with van der Waals surface area (Å²) in [7, 11) is 0. The van der Waals surface area contributed by atoms with Crippen LogP contribution < -0.4 is 5.32 Å². The maximum absolute atomic E-state index is 12.5. The molecule has 1 saturated heterocycles. The van der Waals surface area contributed by atoms with Crippen LogP contribution >= 0.6 is 0 Å². The molecule has 1 unspecified atom stereocenters. The van der Waals surface area contributed by atoms with Gasteiger partial charge in [-0.25, -0.2) is 0 Å². The van der Waals surface area contributed by atoms with Gasteiger partial charge in [0.2, 0.25) is 11.8 Å². The highest BCUT2D eigenvalue weighted by Crippen LogP contribution is 2.17. The lowest BCUT2D eigenvalue weighted by molar-refractivity contribution is -0.138. The van der Waals surface area contributed by atoms with Crippen molar-refractivity contribution in [2.45, 2.75) is 13.0 Å². The van der Waals surface area contributed by atoms with Crippen molar-refractivity contribution < 1.29 is 14.4 Å². The molecule has 6 nitrogen and oxygen atoms in total. The van der Waals surface area contributed by atoms with Crippen LogP contribution in [-0.4, -0.2) is 40.2 Å². The van der Waals surface area contributed by atoms with Crippen LogP contribution in [0.2, 0.25) is 0 Å². The summed E-state index contributed by atoms with van der Waals surface area (Å²) in [5.74, 6) is -1.26. The second-order valence-corrected chi connectivity index (χ2v) is 4.93. The van der Waals surface area contributed by atoms with Gasteiger partial charge in [-0.15, -0.1) is 0 Å². The number of benzene rings is 1. The van der Waals surface area contributed by atoms with E-state index in [1.165, 1.54) is 4.90 Å². The molecule has 1 aromatic carbocycles. The first kappa shape index (κ1) is 13.2. The van der Waals surface area contributed by atoms with Gasteiger partial charge in [-0.05, 0) is 31.2 Å². The molecule has 1 aliphatic heterocycles. The maximum Gasteiger partial charge on any atom is 0.255 e. The van der Waals surface area contributed by atoms with E-state index in [2.05, 4.69) is 10.3 Å². The summed E-state index contributed by atoms with van der Waals surface area (Å²) >= 11 is 0. The zero-order valence-electron chi connectivity index (χ0n) is 11.4. The molecule has 6 heteroatoms. The van der Waals surface area contributed by atoms with Crippen molar-refractivity contribution in [3.05, 3.63) is 42.1 Å². The number of carbonyl (C=O) groups is 3. The third-order valence-electron chi connectivity index (χ3n) is 3.53. The topological polar surface area (TPSA) is 79.4 Å². The van der Waals surface area contributed by atoms with Gasteiger partial charge in [0, 0.05) is 17.1 Å². The molecule has 0 aliphatic carbocycles. The third-order valence-corrected chi connectivity index (χ3v) is 3.53. The number of nitrogens with one attached hydrogen (secondary N) is 1. The molecule has 2 heterocycles. The minimum atomic E-state index is -0.667. The molecule has 2 aromatic rings. The van der Waals surface area contributed by atoms with Crippen LogP contribution in [-0.2, 0) is 9.59 Å². The second kappa shape index (κ2) is 4.97. The largest absolute Gasteiger partial charge is 0.318 e.